The molecule has 0 N–H and O–H groups in total. The lowest BCUT2D eigenvalue weighted by Crippen LogP contribution is -2.17. The SMILES string of the molecule is CCOc1ccc(-c2csc(=Nc3ccccc3C)n2CCc2ccccc2)cc1. The Morgan fingerprint density at radius 1 is 0.900 bits per heavy atom. The molecule has 152 valence electrons. The van der Waals surface area contributed by atoms with Gasteiger partial charge in [-0.1, -0.05) is 48.5 Å². The van der Waals surface area contributed by atoms with E-state index in [1.165, 1.54) is 22.4 Å². The molecule has 0 amide bonds. The summed E-state index contributed by atoms with van der Waals surface area (Å²) < 4.78 is 7.94. The summed E-state index contributed by atoms with van der Waals surface area (Å²) in [6.45, 7) is 5.66. The molecule has 1 aromatic heterocycles. The van der Waals surface area contributed by atoms with E-state index in [0.717, 1.165) is 29.2 Å². The quantitative estimate of drug-likeness (QED) is 0.344. The number of hydrogen-bond acceptors (Lipinski definition) is 3. The Kier molecular flexibility index (Phi) is 6.45. The number of nitrogens with zero attached hydrogens (tertiary/aromatic N) is 2. The number of thiazole rings is 1. The molecular formula is C26H26N2OS. The van der Waals surface area contributed by atoms with Crippen LogP contribution in [-0.2, 0) is 13.0 Å². The summed E-state index contributed by atoms with van der Waals surface area (Å²) in [4.78, 5) is 6.02. The highest BCUT2D eigenvalue weighted by molar-refractivity contribution is 7.07. The average molecular weight is 415 g/mol. The maximum atomic E-state index is 5.61. The van der Waals surface area contributed by atoms with Gasteiger partial charge in [0.2, 0.25) is 0 Å². The van der Waals surface area contributed by atoms with Crippen LogP contribution in [0.1, 0.15) is 18.1 Å². The third kappa shape index (κ3) is 4.71. The first-order chi connectivity index (χ1) is 14.7. The standard InChI is InChI=1S/C26H26N2OS/c1-3-29-23-15-13-22(14-16-23)25-19-30-26(27-24-12-8-7-9-20(24)2)28(25)18-17-21-10-5-4-6-11-21/h4-16,19H,3,17-18H2,1-2H3. The highest BCUT2D eigenvalue weighted by Gasteiger charge is 2.09. The Morgan fingerprint density at radius 3 is 2.37 bits per heavy atom. The van der Waals surface area contributed by atoms with Crippen LogP contribution in [0.3, 0.4) is 0 Å². The van der Waals surface area contributed by atoms with Crippen molar-refractivity contribution >= 4 is 17.0 Å². The molecule has 0 aliphatic heterocycles. The second-order valence-corrected chi connectivity index (χ2v) is 7.98. The van der Waals surface area contributed by atoms with Crippen molar-refractivity contribution < 1.29 is 4.74 Å². The molecule has 4 rings (SSSR count). The van der Waals surface area contributed by atoms with Gasteiger partial charge < -0.3 is 9.30 Å². The second-order valence-electron chi connectivity index (χ2n) is 7.15. The molecule has 0 unspecified atom stereocenters. The molecule has 1 heterocycles. The highest BCUT2D eigenvalue weighted by atomic mass is 32.1. The van der Waals surface area contributed by atoms with Crippen molar-refractivity contribution in [1.29, 1.82) is 0 Å². The fourth-order valence-corrected chi connectivity index (χ4v) is 4.38. The van der Waals surface area contributed by atoms with Crippen LogP contribution in [0.15, 0.2) is 89.2 Å². The summed E-state index contributed by atoms with van der Waals surface area (Å²) >= 11 is 1.69. The zero-order valence-electron chi connectivity index (χ0n) is 17.4. The molecule has 0 aliphatic rings. The molecule has 3 nitrogen and oxygen atoms in total. The Balaban J connectivity index is 1.74. The largest absolute Gasteiger partial charge is 0.494 e. The topological polar surface area (TPSA) is 26.5 Å². The normalized spacial score (nSPS) is 11.6. The van der Waals surface area contributed by atoms with E-state index in [-0.39, 0.29) is 0 Å². The third-order valence-electron chi connectivity index (χ3n) is 5.06. The lowest BCUT2D eigenvalue weighted by atomic mass is 10.1. The molecule has 0 atom stereocenters. The van der Waals surface area contributed by atoms with Gasteiger partial charge in [-0.15, -0.1) is 11.3 Å². The van der Waals surface area contributed by atoms with Crippen molar-refractivity contribution in [3.8, 4) is 17.0 Å². The molecule has 0 bridgehead atoms. The molecule has 4 aromatic rings. The average Bonchev–Trinajstić information content (AvgIpc) is 3.18. The maximum Gasteiger partial charge on any atom is 0.190 e. The minimum absolute atomic E-state index is 0.675. The number of benzene rings is 3. The van der Waals surface area contributed by atoms with Gasteiger partial charge in [-0.3, -0.25) is 0 Å². The minimum Gasteiger partial charge on any atom is -0.494 e. The Morgan fingerprint density at radius 2 is 1.63 bits per heavy atom. The fraction of sp³-hybridized carbons (Fsp3) is 0.192. The van der Waals surface area contributed by atoms with E-state index in [1.54, 1.807) is 11.3 Å². The van der Waals surface area contributed by atoms with Crippen LogP contribution in [0.2, 0.25) is 0 Å². The summed E-state index contributed by atoms with van der Waals surface area (Å²) in [5, 5.41) is 2.21. The molecular weight excluding hydrogens is 388 g/mol. The van der Waals surface area contributed by atoms with E-state index in [4.69, 9.17) is 9.73 Å². The molecule has 0 saturated carbocycles. The number of para-hydroxylation sites is 1. The van der Waals surface area contributed by atoms with Crippen molar-refractivity contribution in [3.05, 3.63) is 100 Å². The molecule has 4 heteroatoms. The summed E-state index contributed by atoms with van der Waals surface area (Å²) in [7, 11) is 0. The number of rotatable bonds is 7. The number of aryl methyl sites for hydroxylation is 2. The molecule has 0 saturated heterocycles. The monoisotopic (exact) mass is 414 g/mol. The van der Waals surface area contributed by atoms with E-state index >= 15 is 0 Å². The minimum atomic E-state index is 0.675. The zero-order valence-corrected chi connectivity index (χ0v) is 18.2. The fourth-order valence-electron chi connectivity index (χ4n) is 3.43. The van der Waals surface area contributed by atoms with Gasteiger partial charge >= 0.3 is 0 Å². The number of hydrogen-bond donors (Lipinski definition) is 0. The van der Waals surface area contributed by atoms with Crippen molar-refractivity contribution in [1.82, 2.24) is 4.57 Å². The Labute approximate surface area is 182 Å². The molecule has 3 aromatic carbocycles. The smallest absolute Gasteiger partial charge is 0.190 e. The molecule has 0 spiro atoms. The molecule has 0 fully saturated rings. The van der Waals surface area contributed by atoms with Crippen molar-refractivity contribution in [2.75, 3.05) is 6.61 Å². The van der Waals surface area contributed by atoms with Gasteiger partial charge in [-0.2, -0.15) is 0 Å². The Hall–Kier alpha value is -3.11. The van der Waals surface area contributed by atoms with E-state index < -0.39 is 0 Å². The van der Waals surface area contributed by atoms with Gasteiger partial charge in [0, 0.05) is 11.9 Å². The first kappa shape index (κ1) is 20.2. The lowest BCUT2D eigenvalue weighted by molar-refractivity contribution is 0.340. The first-order valence-corrected chi connectivity index (χ1v) is 11.2. The number of aromatic nitrogens is 1. The van der Waals surface area contributed by atoms with Crippen molar-refractivity contribution in [3.63, 3.8) is 0 Å². The predicted molar refractivity (Wildman–Crippen MR) is 125 cm³/mol. The van der Waals surface area contributed by atoms with Crippen LogP contribution in [0, 0.1) is 6.92 Å². The van der Waals surface area contributed by atoms with E-state index in [2.05, 4.69) is 77.5 Å². The van der Waals surface area contributed by atoms with Crippen molar-refractivity contribution in [2.24, 2.45) is 4.99 Å². The number of ether oxygens (including phenoxy) is 1. The lowest BCUT2D eigenvalue weighted by Gasteiger charge is -2.11. The summed E-state index contributed by atoms with van der Waals surface area (Å²) in [6, 6.07) is 27.2. The van der Waals surface area contributed by atoms with E-state index in [0.29, 0.717) is 6.61 Å². The van der Waals surface area contributed by atoms with Gasteiger partial charge in [0.25, 0.3) is 0 Å². The van der Waals surface area contributed by atoms with Gasteiger partial charge in [-0.05, 0) is 67.3 Å². The van der Waals surface area contributed by atoms with Crippen LogP contribution < -0.4 is 9.54 Å². The van der Waals surface area contributed by atoms with E-state index in [1.807, 2.05) is 25.1 Å². The molecule has 30 heavy (non-hydrogen) atoms. The third-order valence-corrected chi connectivity index (χ3v) is 5.92. The summed E-state index contributed by atoms with van der Waals surface area (Å²) in [5.41, 5.74) is 5.89. The van der Waals surface area contributed by atoms with Gasteiger partial charge in [-0.25, -0.2) is 4.99 Å². The molecule has 0 radical (unpaired) electrons. The van der Waals surface area contributed by atoms with Gasteiger partial charge in [0.1, 0.15) is 5.75 Å². The Bertz CT molecular complexity index is 1160. The van der Waals surface area contributed by atoms with Crippen LogP contribution in [-0.4, -0.2) is 11.2 Å². The zero-order chi connectivity index (χ0) is 20.8. The van der Waals surface area contributed by atoms with Gasteiger partial charge in [0.15, 0.2) is 4.80 Å². The molecule has 0 aliphatic carbocycles. The van der Waals surface area contributed by atoms with Crippen LogP contribution in [0.5, 0.6) is 5.75 Å². The summed E-state index contributed by atoms with van der Waals surface area (Å²) in [6.07, 6.45) is 0.961. The highest BCUT2D eigenvalue weighted by Crippen LogP contribution is 2.24. The first-order valence-electron chi connectivity index (χ1n) is 10.3. The van der Waals surface area contributed by atoms with E-state index in [9.17, 15) is 0 Å². The second kappa shape index (κ2) is 9.59. The van der Waals surface area contributed by atoms with Crippen LogP contribution >= 0.6 is 11.3 Å². The van der Waals surface area contributed by atoms with Crippen LogP contribution in [0.4, 0.5) is 5.69 Å². The van der Waals surface area contributed by atoms with Gasteiger partial charge in [0.05, 0.1) is 18.0 Å². The summed E-state index contributed by atoms with van der Waals surface area (Å²) in [5.74, 6) is 0.900. The maximum absolute atomic E-state index is 5.61. The predicted octanol–water partition coefficient (Wildman–Crippen LogP) is 6.40. The van der Waals surface area contributed by atoms with Crippen molar-refractivity contribution in [2.45, 2.75) is 26.8 Å². The van der Waals surface area contributed by atoms with Crippen LogP contribution in [0.25, 0.3) is 11.3 Å².